The number of hydrogen-bond donors (Lipinski definition) is 4. The van der Waals surface area contributed by atoms with Crippen molar-refractivity contribution >= 4 is 34.9 Å². The predicted octanol–water partition coefficient (Wildman–Crippen LogP) is 3.52. The van der Waals surface area contributed by atoms with Crippen LogP contribution < -0.4 is 30.7 Å². The van der Waals surface area contributed by atoms with Gasteiger partial charge in [-0.2, -0.15) is 0 Å². The fourth-order valence-electron chi connectivity index (χ4n) is 3.34. The number of methoxy groups -OCH3 is 2. The van der Waals surface area contributed by atoms with Gasteiger partial charge in [0.05, 0.1) is 31.2 Å². The molecule has 0 atom stereocenters. The Labute approximate surface area is 204 Å². The minimum atomic E-state index is -0.844. The zero-order chi connectivity index (χ0) is 26.0. The summed E-state index contributed by atoms with van der Waals surface area (Å²) in [4.78, 5) is 38.5. The van der Waals surface area contributed by atoms with E-state index in [2.05, 4.69) is 40.0 Å². The molecule has 4 amide bonds. The number of rotatable bonds is 11. The van der Waals surface area contributed by atoms with Crippen molar-refractivity contribution in [3.63, 3.8) is 0 Å². The van der Waals surface area contributed by atoms with Gasteiger partial charge < -0.3 is 35.6 Å². The molecule has 0 unspecified atom stereocenters. The molecule has 0 aromatic heterocycles. The maximum Gasteiger partial charge on any atom is 0.323 e. The van der Waals surface area contributed by atoms with Gasteiger partial charge in [0.15, 0.2) is 11.6 Å². The molecule has 0 heterocycles. The van der Waals surface area contributed by atoms with Gasteiger partial charge >= 0.3 is 6.03 Å². The van der Waals surface area contributed by atoms with E-state index in [0.29, 0.717) is 17.8 Å². The minimum absolute atomic E-state index is 0.138. The smallest absolute Gasteiger partial charge is 0.323 e. The van der Waals surface area contributed by atoms with Gasteiger partial charge in [-0.3, -0.25) is 9.59 Å². The Hall–Kier alpha value is -3.86. The first kappa shape index (κ1) is 27.4. The summed E-state index contributed by atoms with van der Waals surface area (Å²) in [6.07, 6.45) is 0. The summed E-state index contributed by atoms with van der Waals surface area (Å²) in [5.41, 5.74) is 0.646. The van der Waals surface area contributed by atoms with Crippen molar-refractivity contribution in [1.82, 2.24) is 10.2 Å². The van der Waals surface area contributed by atoms with Crippen LogP contribution in [0.4, 0.5) is 26.2 Å². The number of hydrogen-bond acceptors (Lipinski definition) is 6. The van der Waals surface area contributed by atoms with Crippen molar-refractivity contribution in [1.29, 1.82) is 0 Å². The van der Waals surface area contributed by atoms with E-state index in [1.807, 2.05) is 0 Å². The molecule has 0 radical (unpaired) electrons. The summed E-state index contributed by atoms with van der Waals surface area (Å²) in [7, 11) is 2.67. The Kier molecular flexibility index (Phi) is 10.3. The number of amides is 4. The Morgan fingerprint density at radius 1 is 0.943 bits per heavy atom. The maximum absolute atomic E-state index is 14.8. The summed E-state index contributed by atoms with van der Waals surface area (Å²) in [5.74, 6) is -1.47. The van der Waals surface area contributed by atoms with E-state index in [4.69, 9.17) is 9.47 Å². The van der Waals surface area contributed by atoms with Gasteiger partial charge in [0.2, 0.25) is 5.91 Å². The van der Waals surface area contributed by atoms with E-state index in [1.54, 1.807) is 0 Å². The molecule has 0 fully saturated rings. The molecule has 0 saturated heterocycles. The van der Waals surface area contributed by atoms with E-state index in [1.165, 1.54) is 51.5 Å². The third-order valence-electron chi connectivity index (χ3n) is 5.17. The highest BCUT2D eigenvalue weighted by molar-refractivity contribution is 6.02. The second-order valence-electron chi connectivity index (χ2n) is 7.47. The van der Waals surface area contributed by atoms with Gasteiger partial charge in [0.25, 0.3) is 5.91 Å². The van der Waals surface area contributed by atoms with Crippen molar-refractivity contribution in [2.24, 2.45) is 0 Å². The first-order chi connectivity index (χ1) is 16.7. The molecule has 0 bridgehead atoms. The second-order valence-corrected chi connectivity index (χ2v) is 7.47. The molecule has 0 aliphatic heterocycles. The number of ether oxygens (including phenoxy) is 2. The summed E-state index contributed by atoms with van der Waals surface area (Å²) >= 11 is 0. The molecule has 0 saturated carbocycles. The number of nitrogens with zero attached hydrogens (tertiary/aromatic N) is 1. The third kappa shape index (κ3) is 7.57. The molecule has 4 N–H and O–H groups in total. The van der Waals surface area contributed by atoms with Gasteiger partial charge in [-0.05, 0) is 37.4 Å². The van der Waals surface area contributed by atoms with Crippen molar-refractivity contribution in [3.05, 3.63) is 41.7 Å². The molecule has 35 heavy (non-hydrogen) atoms. The normalized spacial score (nSPS) is 10.5. The van der Waals surface area contributed by atoms with Gasteiger partial charge in [-0.1, -0.05) is 13.8 Å². The molecule has 11 heteroatoms. The number of anilines is 3. The van der Waals surface area contributed by atoms with Crippen LogP contribution in [0.3, 0.4) is 0 Å². The number of carbonyl (C=O) groups excluding carboxylic acids is 3. The number of carbonyl (C=O) groups is 3. The fourth-order valence-corrected chi connectivity index (χ4v) is 3.34. The van der Waals surface area contributed by atoms with Crippen LogP contribution >= 0.6 is 0 Å². The van der Waals surface area contributed by atoms with Crippen LogP contribution in [0.1, 0.15) is 31.1 Å². The van der Waals surface area contributed by atoms with E-state index in [9.17, 15) is 18.8 Å². The summed E-state index contributed by atoms with van der Waals surface area (Å²) < 4.78 is 25.1. The quantitative estimate of drug-likeness (QED) is 0.383. The Morgan fingerprint density at radius 3 is 2.23 bits per heavy atom. The average molecular weight is 490 g/mol. The molecule has 2 aromatic rings. The zero-order valence-corrected chi connectivity index (χ0v) is 20.6. The maximum atomic E-state index is 14.8. The van der Waals surface area contributed by atoms with Crippen LogP contribution in [0, 0.1) is 5.82 Å². The van der Waals surface area contributed by atoms with E-state index in [-0.39, 0.29) is 28.8 Å². The van der Waals surface area contributed by atoms with Crippen LogP contribution in [0.25, 0.3) is 0 Å². The van der Waals surface area contributed by atoms with E-state index in [0.717, 1.165) is 19.6 Å². The second kappa shape index (κ2) is 13.1. The molecular weight excluding hydrogens is 457 g/mol. The largest absolute Gasteiger partial charge is 0.496 e. The van der Waals surface area contributed by atoms with Gasteiger partial charge in [-0.25, -0.2) is 9.18 Å². The van der Waals surface area contributed by atoms with Crippen LogP contribution in [0.2, 0.25) is 0 Å². The summed E-state index contributed by atoms with van der Waals surface area (Å²) in [5, 5.41) is 10.3. The number of likely N-dealkylation sites (N-methyl/N-ethyl adjacent to an activating group) is 1. The van der Waals surface area contributed by atoms with Crippen LogP contribution in [-0.2, 0) is 4.79 Å². The van der Waals surface area contributed by atoms with E-state index >= 15 is 0 Å². The highest BCUT2D eigenvalue weighted by Gasteiger charge is 2.18. The van der Waals surface area contributed by atoms with Crippen LogP contribution in [0.5, 0.6) is 11.5 Å². The zero-order valence-electron chi connectivity index (χ0n) is 20.6. The molecule has 0 aliphatic carbocycles. The van der Waals surface area contributed by atoms with Crippen LogP contribution in [-0.4, -0.2) is 63.1 Å². The monoisotopic (exact) mass is 489 g/mol. The van der Waals surface area contributed by atoms with Crippen molar-refractivity contribution in [3.8, 4) is 11.5 Å². The number of halogens is 1. The molecule has 0 spiro atoms. The van der Waals surface area contributed by atoms with Crippen molar-refractivity contribution < 1.29 is 28.2 Å². The molecule has 2 rings (SSSR count). The standard InChI is InChI=1S/C24H32FN5O5/c1-6-30(7-2)13-12-26-23(32)17-9-8-16(14-20(17)34-4)28-24(33)29-18-10-11-19(27-15(3)31)22(35-5)21(18)25/h8-11,14H,6-7,12-13H2,1-5H3,(H,26,32)(H,27,31)(H2,28,29,33). The number of urea groups is 1. The first-order valence-corrected chi connectivity index (χ1v) is 11.1. The lowest BCUT2D eigenvalue weighted by Crippen LogP contribution is -2.34. The Bertz CT molecular complexity index is 1060. The molecule has 0 aliphatic rings. The highest BCUT2D eigenvalue weighted by atomic mass is 19.1. The predicted molar refractivity (Wildman–Crippen MR) is 133 cm³/mol. The summed E-state index contributed by atoms with van der Waals surface area (Å²) in [6.45, 7) is 8.41. The average Bonchev–Trinajstić information content (AvgIpc) is 2.83. The van der Waals surface area contributed by atoms with E-state index < -0.39 is 17.8 Å². The Balaban J connectivity index is 2.07. The minimum Gasteiger partial charge on any atom is -0.496 e. The lowest BCUT2D eigenvalue weighted by Gasteiger charge is -2.18. The van der Waals surface area contributed by atoms with Gasteiger partial charge in [-0.15, -0.1) is 0 Å². The van der Waals surface area contributed by atoms with Crippen molar-refractivity contribution in [2.45, 2.75) is 20.8 Å². The highest BCUT2D eigenvalue weighted by Crippen LogP contribution is 2.33. The van der Waals surface area contributed by atoms with Crippen LogP contribution in [0.15, 0.2) is 30.3 Å². The van der Waals surface area contributed by atoms with Gasteiger partial charge in [0.1, 0.15) is 5.75 Å². The topological polar surface area (TPSA) is 121 Å². The molecular formula is C24H32FN5O5. The first-order valence-electron chi connectivity index (χ1n) is 11.1. The molecule has 10 nitrogen and oxygen atoms in total. The Morgan fingerprint density at radius 2 is 1.63 bits per heavy atom. The SMILES string of the molecule is CCN(CC)CCNC(=O)c1ccc(NC(=O)Nc2ccc(NC(C)=O)c(OC)c2F)cc1OC. The lowest BCUT2D eigenvalue weighted by molar-refractivity contribution is -0.114. The van der Waals surface area contributed by atoms with Crippen molar-refractivity contribution in [2.75, 3.05) is 56.3 Å². The number of benzene rings is 2. The lowest BCUT2D eigenvalue weighted by atomic mass is 10.1. The summed E-state index contributed by atoms with van der Waals surface area (Å²) in [6, 6.07) is 6.56. The molecule has 190 valence electrons. The fraction of sp³-hybridized carbons (Fsp3) is 0.375. The third-order valence-corrected chi connectivity index (χ3v) is 5.17. The molecule has 2 aromatic carbocycles. The van der Waals surface area contributed by atoms with Gasteiger partial charge in [0, 0.05) is 31.8 Å². The number of nitrogens with one attached hydrogen (secondary N) is 4.